The molecule has 7 heteroatoms. The molecule has 0 spiro atoms. The van der Waals surface area contributed by atoms with Crippen molar-refractivity contribution in [1.29, 1.82) is 0 Å². The second kappa shape index (κ2) is 8.40. The number of nitrogens with one attached hydrogen (secondary N) is 4. The molecule has 2 aromatic carbocycles. The quantitative estimate of drug-likeness (QED) is 0.502. The number of halogens is 1. The van der Waals surface area contributed by atoms with E-state index in [-0.39, 0.29) is 10.9 Å². The minimum absolute atomic E-state index is 0.210. The van der Waals surface area contributed by atoms with Crippen molar-refractivity contribution < 1.29 is 4.39 Å². The van der Waals surface area contributed by atoms with Crippen molar-refractivity contribution in [3.05, 3.63) is 59.9 Å². The van der Waals surface area contributed by atoms with Gasteiger partial charge in [0.25, 0.3) is 0 Å². The molecule has 0 aliphatic rings. The lowest BCUT2D eigenvalue weighted by molar-refractivity contribution is 0.632. The van der Waals surface area contributed by atoms with Crippen molar-refractivity contribution >= 4 is 46.0 Å². The molecule has 0 aliphatic carbocycles. The summed E-state index contributed by atoms with van der Waals surface area (Å²) < 4.78 is 13.5. The van der Waals surface area contributed by atoms with Crippen LogP contribution in [0, 0.1) is 5.82 Å². The zero-order chi connectivity index (χ0) is 16.7. The second-order valence-electron chi connectivity index (χ2n) is 4.69. The fourth-order valence-electron chi connectivity index (χ4n) is 1.86. The van der Waals surface area contributed by atoms with Crippen molar-refractivity contribution in [1.82, 2.24) is 10.9 Å². The number of thiocarbonyl (C=S) groups is 2. The Morgan fingerprint density at radius 3 is 2.35 bits per heavy atom. The van der Waals surface area contributed by atoms with Crippen LogP contribution in [0.25, 0.3) is 0 Å². The Balaban J connectivity index is 1.82. The molecule has 0 unspecified atom stereocenters. The van der Waals surface area contributed by atoms with E-state index in [0.29, 0.717) is 10.8 Å². The fraction of sp³-hybridized carbons (Fsp3) is 0.125. The third kappa shape index (κ3) is 5.46. The Bertz CT molecular complexity index is 706. The van der Waals surface area contributed by atoms with Crippen molar-refractivity contribution in [3.8, 4) is 0 Å². The van der Waals surface area contributed by atoms with Crippen LogP contribution in [0.4, 0.5) is 15.8 Å². The van der Waals surface area contributed by atoms with Crippen LogP contribution >= 0.6 is 24.4 Å². The van der Waals surface area contributed by atoms with Gasteiger partial charge in [-0.3, -0.25) is 10.9 Å². The summed E-state index contributed by atoms with van der Waals surface area (Å²) in [5, 5.41) is 6.35. The molecule has 0 aliphatic heterocycles. The summed E-state index contributed by atoms with van der Waals surface area (Å²) in [6.45, 7) is 2.09. The maximum absolute atomic E-state index is 13.5. The van der Waals surface area contributed by atoms with E-state index in [9.17, 15) is 4.39 Å². The molecule has 0 radical (unpaired) electrons. The van der Waals surface area contributed by atoms with E-state index in [4.69, 9.17) is 24.4 Å². The minimum Gasteiger partial charge on any atom is -0.331 e. The molecule has 0 bridgehead atoms. The Kier molecular flexibility index (Phi) is 6.25. The van der Waals surface area contributed by atoms with Gasteiger partial charge in [-0.15, -0.1) is 0 Å². The average Bonchev–Trinajstić information content (AvgIpc) is 2.55. The molecule has 0 saturated carbocycles. The first-order chi connectivity index (χ1) is 11.1. The number of aryl methyl sites for hydroxylation is 1. The standard InChI is InChI=1S/C16H17FN4S2/c1-2-11-6-5-7-12(10-11)18-15(22)20-21-16(23)19-14-9-4-3-8-13(14)17/h3-10H,2H2,1H3,(H2,18,20,22)(H2,19,21,23). The van der Waals surface area contributed by atoms with Crippen molar-refractivity contribution in [3.63, 3.8) is 0 Å². The van der Waals surface area contributed by atoms with E-state index in [1.165, 1.54) is 11.6 Å². The molecule has 0 heterocycles. The summed E-state index contributed by atoms with van der Waals surface area (Å²) >= 11 is 10.3. The van der Waals surface area contributed by atoms with E-state index in [1.807, 2.05) is 24.3 Å². The maximum atomic E-state index is 13.5. The van der Waals surface area contributed by atoms with Gasteiger partial charge in [0, 0.05) is 5.69 Å². The monoisotopic (exact) mass is 348 g/mol. The Morgan fingerprint density at radius 2 is 1.65 bits per heavy atom. The van der Waals surface area contributed by atoms with Gasteiger partial charge in [-0.1, -0.05) is 31.2 Å². The highest BCUT2D eigenvalue weighted by atomic mass is 32.1. The van der Waals surface area contributed by atoms with Gasteiger partial charge >= 0.3 is 0 Å². The Morgan fingerprint density at radius 1 is 0.957 bits per heavy atom. The molecule has 2 aromatic rings. The van der Waals surface area contributed by atoms with Crippen LogP contribution in [0.2, 0.25) is 0 Å². The van der Waals surface area contributed by atoms with Gasteiger partial charge in [0.2, 0.25) is 0 Å². The van der Waals surface area contributed by atoms with Crippen molar-refractivity contribution in [2.45, 2.75) is 13.3 Å². The highest BCUT2D eigenvalue weighted by molar-refractivity contribution is 7.81. The number of rotatable bonds is 3. The zero-order valence-electron chi connectivity index (χ0n) is 12.5. The molecule has 120 valence electrons. The summed E-state index contributed by atoms with van der Waals surface area (Å²) in [5.74, 6) is -0.381. The van der Waals surface area contributed by atoms with Crippen LogP contribution < -0.4 is 21.5 Å². The predicted octanol–water partition coefficient (Wildman–Crippen LogP) is 3.58. The van der Waals surface area contributed by atoms with Crippen LogP contribution in [0.1, 0.15) is 12.5 Å². The SMILES string of the molecule is CCc1cccc(NC(=S)NNC(=S)Nc2ccccc2F)c1. The van der Waals surface area contributed by atoms with Crippen LogP contribution in [0.5, 0.6) is 0 Å². The summed E-state index contributed by atoms with van der Waals surface area (Å²) in [4.78, 5) is 0. The third-order valence-corrected chi connectivity index (χ3v) is 3.41. The van der Waals surface area contributed by atoms with E-state index >= 15 is 0 Å². The van der Waals surface area contributed by atoms with E-state index in [1.54, 1.807) is 18.2 Å². The minimum atomic E-state index is -0.381. The number of hydrogen-bond acceptors (Lipinski definition) is 2. The first-order valence-corrected chi connectivity index (χ1v) is 7.87. The molecule has 0 atom stereocenters. The normalized spacial score (nSPS) is 9.83. The summed E-state index contributed by atoms with van der Waals surface area (Å²) in [7, 11) is 0. The van der Waals surface area contributed by atoms with Crippen LogP contribution in [-0.2, 0) is 6.42 Å². The van der Waals surface area contributed by atoms with Gasteiger partial charge in [-0.05, 0) is 60.7 Å². The zero-order valence-corrected chi connectivity index (χ0v) is 14.2. The van der Waals surface area contributed by atoms with Gasteiger partial charge in [-0.25, -0.2) is 4.39 Å². The number of hydrogen-bond donors (Lipinski definition) is 4. The molecular weight excluding hydrogens is 331 g/mol. The smallest absolute Gasteiger partial charge is 0.189 e. The lowest BCUT2D eigenvalue weighted by Crippen LogP contribution is -2.45. The molecule has 23 heavy (non-hydrogen) atoms. The summed E-state index contributed by atoms with van der Waals surface area (Å²) in [6, 6.07) is 14.2. The van der Waals surface area contributed by atoms with Crippen LogP contribution in [0.3, 0.4) is 0 Å². The van der Waals surface area contributed by atoms with Crippen LogP contribution in [-0.4, -0.2) is 10.2 Å². The molecule has 0 aromatic heterocycles. The van der Waals surface area contributed by atoms with Gasteiger partial charge in [0.15, 0.2) is 10.2 Å². The summed E-state index contributed by atoms with van der Waals surface area (Å²) in [5.41, 5.74) is 7.85. The van der Waals surface area contributed by atoms with Crippen molar-refractivity contribution in [2.24, 2.45) is 0 Å². The summed E-state index contributed by atoms with van der Waals surface area (Å²) in [6.07, 6.45) is 0.949. The molecule has 2 rings (SSSR count). The van der Waals surface area contributed by atoms with E-state index < -0.39 is 0 Å². The number of anilines is 2. The predicted molar refractivity (Wildman–Crippen MR) is 101 cm³/mol. The van der Waals surface area contributed by atoms with E-state index in [2.05, 4.69) is 28.4 Å². The fourth-order valence-corrected chi connectivity index (χ4v) is 2.19. The second-order valence-corrected chi connectivity index (χ2v) is 5.51. The highest BCUT2D eigenvalue weighted by Crippen LogP contribution is 2.12. The Labute approximate surface area is 145 Å². The molecule has 4 N–H and O–H groups in total. The largest absolute Gasteiger partial charge is 0.331 e. The molecule has 0 fully saturated rings. The maximum Gasteiger partial charge on any atom is 0.189 e. The molecule has 4 nitrogen and oxygen atoms in total. The number of para-hydroxylation sites is 1. The Hall–Kier alpha value is -2.25. The van der Waals surface area contributed by atoms with Gasteiger partial charge in [0.1, 0.15) is 5.82 Å². The topological polar surface area (TPSA) is 48.1 Å². The van der Waals surface area contributed by atoms with E-state index in [0.717, 1.165) is 12.1 Å². The lowest BCUT2D eigenvalue weighted by Gasteiger charge is -2.15. The van der Waals surface area contributed by atoms with Gasteiger partial charge in [0.05, 0.1) is 5.69 Å². The van der Waals surface area contributed by atoms with Crippen molar-refractivity contribution in [2.75, 3.05) is 10.6 Å². The van der Waals surface area contributed by atoms with Gasteiger partial charge < -0.3 is 10.6 Å². The van der Waals surface area contributed by atoms with Crippen LogP contribution in [0.15, 0.2) is 48.5 Å². The number of benzene rings is 2. The van der Waals surface area contributed by atoms with Gasteiger partial charge in [-0.2, -0.15) is 0 Å². The number of hydrazine groups is 1. The molecular formula is C16H17FN4S2. The first-order valence-electron chi connectivity index (χ1n) is 7.06. The lowest BCUT2D eigenvalue weighted by atomic mass is 10.1. The third-order valence-electron chi connectivity index (χ3n) is 3.00. The molecule has 0 amide bonds. The highest BCUT2D eigenvalue weighted by Gasteiger charge is 2.03. The first kappa shape index (κ1) is 17.1. The average molecular weight is 348 g/mol. The molecule has 0 saturated heterocycles.